The topological polar surface area (TPSA) is 24.5 Å². The van der Waals surface area contributed by atoms with Crippen molar-refractivity contribution in [3.63, 3.8) is 0 Å². The number of ether oxygens (including phenoxy) is 1. The SMILES string of the molecule is CNCC[C@H](Oc1ccccc1CCN(C)C)c1cccs1. The molecular formula is C18H26N2OS. The summed E-state index contributed by atoms with van der Waals surface area (Å²) >= 11 is 1.76. The quantitative estimate of drug-likeness (QED) is 0.765. The van der Waals surface area contributed by atoms with Gasteiger partial charge < -0.3 is 15.0 Å². The Kier molecular flexibility index (Phi) is 6.90. The summed E-state index contributed by atoms with van der Waals surface area (Å²) in [5.74, 6) is 1.01. The van der Waals surface area contributed by atoms with Crippen molar-refractivity contribution in [3.05, 3.63) is 52.2 Å². The summed E-state index contributed by atoms with van der Waals surface area (Å²) in [6.07, 6.45) is 2.10. The summed E-state index contributed by atoms with van der Waals surface area (Å²) in [6.45, 7) is 1.98. The monoisotopic (exact) mass is 318 g/mol. The summed E-state index contributed by atoms with van der Waals surface area (Å²) < 4.78 is 6.38. The van der Waals surface area contributed by atoms with Gasteiger partial charge >= 0.3 is 0 Å². The Labute approximate surface area is 137 Å². The molecule has 1 heterocycles. The molecule has 1 N–H and O–H groups in total. The van der Waals surface area contributed by atoms with E-state index in [1.54, 1.807) is 11.3 Å². The van der Waals surface area contributed by atoms with E-state index in [1.165, 1.54) is 10.4 Å². The zero-order valence-electron chi connectivity index (χ0n) is 13.7. The Morgan fingerprint density at radius 1 is 1.18 bits per heavy atom. The average molecular weight is 318 g/mol. The zero-order valence-corrected chi connectivity index (χ0v) is 14.5. The summed E-state index contributed by atoms with van der Waals surface area (Å²) in [5.41, 5.74) is 1.28. The van der Waals surface area contributed by atoms with Crippen LogP contribution in [0.25, 0.3) is 0 Å². The molecule has 1 atom stereocenters. The molecule has 0 radical (unpaired) electrons. The summed E-state index contributed by atoms with van der Waals surface area (Å²) in [5, 5.41) is 5.33. The number of benzene rings is 1. The molecule has 1 aromatic heterocycles. The van der Waals surface area contributed by atoms with Crippen LogP contribution in [-0.4, -0.2) is 39.1 Å². The highest BCUT2D eigenvalue weighted by Gasteiger charge is 2.16. The van der Waals surface area contributed by atoms with Crippen LogP contribution in [0.3, 0.4) is 0 Å². The Hall–Kier alpha value is -1.36. The lowest BCUT2D eigenvalue weighted by atomic mass is 10.1. The summed E-state index contributed by atoms with van der Waals surface area (Å²) in [4.78, 5) is 3.49. The van der Waals surface area contributed by atoms with Gasteiger partial charge in [0.1, 0.15) is 11.9 Å². The van der Waals surface area contributed by atoms with Crippen molar-refractivity contribution in [3.8, 4) is 5.75 Å². The third-order valence-corrected chi connectivity index (χ3v) is 4.55. The van der Waals surface area contributed by atoms with Crippen molar-refractivity contribution in [2.75, 3.05) is 34.2 Å². The highest BCUT2D eigenvalue weighted by molar-refractivity contribution is 7.10. The smallest absolute Gasteiger partial charge is 0.134 e. The van der Waals surface area contributed by atoms with Gasteiger partial charge in [-0.25, -0.2) is 0 Å². The van der Waals surface area contributed by atoms with Crippen LogP contribution in [0.4, 0.5) is 0 Å². The van der Waals surface area contributed by atoms with E-state index in [1.807, 2.05) is 7.05 Å². The van der Waals surface area contributed by atoms with Gasteiger partial charge in [0.25, 0.3) is 0 Å². The number of nitrogens with one attached hydrogen (secondary N) is 1. The van der Waals surface area contributed by atoms with Crippen LogP contribution in [0.5, 0.6) is 5.75 Å². The van der Waals surface area contributed by atoms with Gasteiger partial charge in [0.05, 0.1) is 0 Å². The minimum atomic E-state index is 0.118. The summed E-state index contributed by atoms with van der Waals surface area (Å²) in [6, 6.07) is 12.7. The van der Waals surface area contributed by atoms with E-state index in [9.17, 15) is 0 Å². The van der Waals surface area contributed by atoms with Crippen molar-refractivity contribution >= 4 is 11.3 Å². The van der Waals surface area contributed by atoms with E-state index in [0.29, 0.717) is 0 Å². The predicted molar refractivity (Wildman–Crippen MR) is 94.9 cm³/mol. The second-order valence-corrected chi connectivity index (χ2v) is 6.65. The van der Waals surface area contributed by atoms with Crippen LogP contribution in [0, 0.1) is 0 Å². The number of rotatable bonds is 9. The lowest BCUT2D eigenvalue weighted by Gasteiger charge is -2.21. The molecule has 0 bridgehead atoms. The maximum Gasteiger partial charge on any atom is 0.134 e. The molecule has 2 rings (SSSR count). The molecule has 0 unspecified atom stereocenters. The Balaban J connectivity index is 2.12. The van der Waals surface area contributed by atoms with Gasteiger partial charge in [0.2, 0.25) is 0 Å². The lowest BCUT2D eigenvalue weighted by Crippen LogP contribution is -2.17. The fourth-order valence-corrected chi connectivity index (χ4v) is 3.12. The molecule has 22 heavy (non-hydrogen) atoms. The first-order valence-electron chi connectivity index (χ1n) is 7.78. The fraction of sp³-hybridized carbons (Fsp3) is 0.444. The molecule has 0 aliphatic heterocycles. The molecule has 0 aliphatic rings. The molecule has 120 valence electrons. The van der Waals surface area contributed by atoms with Crippen LogP contribution in [0.15, 0.2) is 41.8 Å². The lowest BCUT2D eigenvalue weighted by molar-refractivity contribution is 0.196. The standard InChI is InChI=1S/C18H26N2OS/c1-19-12-10-17(18-9-6-14-22-18)21-16-8-5-4-7-15(16)11-13-20(2)3/h4-9,14,17,19H,10-13H2,1-3H3/t17-/m0/s1. The molecule has 0 aliphatic carbocycles. The van der Waals surface area contributed by atoms with Gasteiger partial charge in [-0.3, -0.25) is 0 Å². The molecule has 0 saturated carbocycles. The van der Waals surface area contributed by atoms with Crippen LogP contribution < -0.4 is 10.1 Å². The highest BCUT2D eigenvalue weighted by Crippen LogP contribution is 2.30. The normalized spacial score (nSPS) is 12.5. The van der Waals surface area contributed by atoms with Crippen LogP contribution in [0.2, 0.25) is 0 Å². The number of para-hydroxylation sites is 1. The minimum absolute atomic E-state index is 0.118. The van der Waals surface area contributed by atoms with Gasteiger partial charge in [-0.05, 0) is 57.2 Å². The van der Waals surface area contributed by atoms with E-state index in [4.69, 9.17) is 4.74 Å². The average Bonchev–Trinajstić information content (AvgIpc) is 3.04. The summed E-state index contributed by atoms with van der Waals surface area (Å²) in [7, 11) is 6.19. The van der Waals surface area contributed by atoms with Crippen molar-refractivity contribution in [1.29, 1.82) is 0 Å². The second-order valence-electron chi connectivity index (χ2n) is 5.68. The van der Waals surface area contributed by atoms with Crippen LogP contribution in [-0.2, 0) is 6.42 Å². The van der Waals surface area contributed by atoms with Gasteiger partial charge in [-0.2, -0.15) is 0 Å². The zero-order chi connectivity index (χ0) is 15.8. The van der Waals surface area contributed by atoms with Gasteiger partial charge in [-0.1, -0.05) is 24.3 Å². The number of nitrogens with zero attached hydrogens (tertiary/aromatic N) is 1. The first-order valence-corrected chi connectivity index (χ1v) is 8.66. The fourth-order valence-electron chi connectivity index (χ4n) is 2.33. The Morgan fingerprint density at radius 3 is 2.68 bits per heavy atom. The molecule has 0 spiro atoms. The molecule has 0 amide bonds. The first-order chi connectivity index (χ1) is 10.7. The number of hydrogen-bond donors (Lipinski definition) is 1. The Morgan fingerprint density at radius 2 is 2.00 bits per heavy atom. The van der Waals surface area contributed by atoms with Crippen molar-refractivity contribution in [1.82, 2.24) is 10.2 Å². The van der Waals surface area contributed by atoms with Crippen molar-refractivity contribution < 1.29 is 4.74 Å². The van der Waals surface area contributed by atoms with E-state index < -0.39 is 0 Å². The number of likely N-dealkylation sites (N-methyl/N-ethyl adjacent to an activating group) is 1. The van der Waals surface area contributed by atoms with E-state index in [2.05, 4.69) is 66.1 Å². The predicted octanol–water partition coefficient (Wildman–Crippen LogP) is 3.58. The molecule has 0 saturated heterocycles. The van der Waals surface area contributed by atoms with Crippen molar-refractivity contribution in [2.24, 2.45) is 0 Å². The number of thiophene rings is 1. The second kappa shape index (κ2) is 8.93. The molecule has 0 fully saturated rings. The molecule has 4 heteroatoms. The highest BCUT2D eigenvalue weighted by atomic mass is 32.1. The largest absolute Gasteiger partial charge is 0.485 e. The van der Waals surface area contributed by atoms with Crippen LogP contribution in [0.1, 0.15) is 23.0 Å². The maximum absolute atomic E-state index is 6.38. The van der Waals surface area contributed by atoms with E-state index in [0.717, 1.165) is 31.7 Å². The maximum atomic E-state index is 6.38. The number of hydrogen-bond acceptors (Lipinski definition) is 4. The van der Waals surface area contributed by atoms with Crippen LogP contribution >= 0.6 is 11.3 Å². The molecule has 1 aromatic carbocycles. The molecule has 2 aromatic rings. The minimum Gasteiger partial charge on any atom is -0.485 e. The van der Waals surface area contributed by atoms with E-state index >= 15 is 0 Å². The third-order valence-electron chi connectivity index (χ3n) is 3.59. The van der Waals surface area contributed by atoms with Crippen molar-refractivity contribution in [2.45, 2.75) is 18.9 Å². The van der Waals surface area contributed by atoms with Gasteiger partial charge in [0, 0.05) is 17.8 Å². The first kappa shape index (κ1) is 17.0. The van der Waals surface area contributed by atoms with Gasteiger partial charge in [-0.15, -0.1) is 11.3 Å². The molecule has 3 nitrogen and oxygen atoms in total. The van der Waals surface area contributed by atoms with Gasteiger partial charge in [0.15, 0.2) is 0 Å². The third kappa shape index (κ3) is 5.13. The Bertz CT molecular complexity index is 540. The molecular weight excluding hydrogens is 292 g/mol. The van der Waals surface area contributed by atoms with E-state index in [-0.39, 0.29) is 6.10 Å².